The third kappa shape index (κ3) is 4.00. The summed E-state index contributed by atoms with van der Waals surface area (Å²) < 4.78 is 0. The first-order valence-electron chi connectivity index (χ1n) is 6.92. The lowest BCUT2D eigenvalue weighted by molar-refractivity contribution is -0.102. The molecule has 0 aliphatic rings. The van der Waals surface area contributed by atoms with Crippen molar-refractivity contribution in [3.8, 4) is 6.07 Å². The van der Waals surface area contributed by atoms with Crippen LogP contribution in [0.2, 0.25) is 0 Å². The largest absolute Gasteiger partial charge is 0.297 e. The van der Waals surface area contributed by atoms with Crippen LogP contribution in [-0.2, 0) is 4.79 Å². The minimum atomic E-state index is 0.405. The minimum Gasteiger partial charge on any atom is -0.297 e. The molecular weight excluding hydrogens is 272 g/mol. The van der Waals surface area contributed by atoms with Gasteiger partial charge in [-0.1, -0.05) is 42.0 Å². The van der Waals surface area contributed by atoms with E-state index in [0.29, 0.717) is 17.0 Å². The quantitative estimate of drug-likeness (QED) is 0.484. The van der Waals surface area contributed by atoms with Gasteiger partial charge >= 0.3 is 0 Å². The Kier molecular flexibility index (Phi) is 5.00. The van der Waals surface area contributed by atoms with Crippen molar-refractivity contribution >= 4 is 23.8 Å². The average molecular weight is 288 g/mol. The smallest absolute Gasteiger partial charge is 0.163 e. The zero-order chi connectivity index (χ0) is 15.9. The molecule has 0 spiro atoms. The maximum absolute atomic E-state index is 10.9. The highest BCUT2D eigenvalue weighted by atomic mass is 16.1. The number of carbonyl (C=O) groups excluding carboxylic acids is 1. The summed E-state index contributed by atoms with van der Waals surface area (Å²) in [7, 11) is 0. The molecule has 0 saturated heterocycles. The van der Waals surface area contributed by atoms with Crippen LogP contribution in [0.1, 0.15) is 29.2 Å². The normalized spacial score (nSPS) is 11.9. The lowest BCUT2D eigenvalue weighted by Crippen LogP contribution is -1.93. The van der Waals surface area contributed by atoms with Gasteiger partial charge in [0.05, 0.1) is 23.0 Å². The molecule has 108 valence electrons. The fourth-order valence-electron chi connectivity index (χ4n) is 1.93. The fourth-order valence-corrected chi connectivity index (χ4v) is 1.93. The lowest BCUT2D eigenvalue weighted by atomic mass is 10.1. The molecule has 3 nitrogen and oxygen atoms in total. The summed E-state index contributed by atoms with van der Waals surface area (Å²) in [5.74, 6) is 0. The van der Waals surface area contributed by atoms with Crippen molar-refractivity contribution in [2.24, 2.45) is 4.99 Å². The molecule has 0 unspecified atom stereocenters. The first-order valence-corrected chi connectivity index (χ1v) is 6.92. The van der Waals surface area contributed by atoms with Crippen molar-refractivity contribution < 1.29 is 4.79 Å². The van der Waals surface area contributed by atoms with Gasteiger partial charge in [-0.25, -0.2) is 4.99 Å². The van der Waals surface area contributed by atoms with E-state index in [4.69, 9.17) is 5.26 Å². The van der Waals surface area contributed by atoms with Gasteiger partial charge in [-0.05, 0) is 37.6 Å². The SMILES string of the molecule is CC(C=O)=N/C(=C/c1ccc(C)cc1)c1ccc(C#N)cc1. The Morgan fingerprint density at radius 2 is 1.73 bits per heavy atom. The van der Waals surface area contributed by atoms with E-state index in [9.17, 15) is 4.79 Å². The van der Waals surface area contributed by atoms with Crippen LogP contribution in [0.5, 0.6) is 0 Å². The molecular formula is C19H16N2O. The van der Waals surface area contributed by atoms with E-state index in [-0.39, 0.29) is 0 Å². The Morgan fingerprint density at radius 1 is 1.09 bits per heavy atom. The van der Waals surface area contributed by atoms with Crippen molar-refractivity contribution in [2.45, 2.75) is 13.8 Å². The molecule has 0 aliphatic carbocycles. The zero-order valence-corrected chi connectivity index (χ0v) is 12.6. The van der Waals surface area contributed by atoms with E-state index in [1.54, 1.807) is 19.1 Å². The van der Waals surface area contributed by atoms with Gasteiger partial charge in [0.15, 0.2) is 6.29 Å². The molecule has 2 rings (SSSR count). The van der Waals surface area contributed by atoms with Gasteiger partial charge in [-0.15, -0.1) is 0 Å². The number of aryl methyl sites for hydroxylation is 1. The van der Waals surface area contributed by atoms with Crippen LogP contribution in [0.4, 0.5) is 0 Å². The summed E-state index contributed by atoms with van der Waals surface area (Å²) in [4.78, 5) is 15.2. The van der Waals surface area contributed by atoms with Crippen molar-refractivity contribution in [1.29, 1.82) is 5.26 Å². The topological polar surface area (TPSA) is 53.2 Å². The molecule has 0 fully saturated rings. The molecule has 0 bridgehead atoms. The molecule has 2 aromatic carbocycles. The maximum Gasteiger partial charge on any atom is 0.163 e. The standard InChI is InChI=1S/C19H16N2O/c1-14-3-5-16(6-4-14)11-19(21-15(2)13-22)18-9-7-17(12-20)8-10-18/h3-11,13H,1-2H3/b19-11+,21-15?. The van der Waals surface area contributed by atoms with Gasteiger partial charge in [0, 0.05) is 5.56 Å². The maximum atomic E-state index is 10.9. The monoisotopic (exact) mass is 288 g/mol. The van der Waals surface area contributed by atoms with Crippen LogP contribution in [0.25, 0.3) is 11.8 Å². The van der Waals surface area contributed by atoms with Gasteiger partial charge in [0.1, 0.15) is 0 Å². The third-order valence-corrected chi connectivity index (χ3v) is 3.16. The molecule has 0 saturated carbocycles. The van der Waals surface area contributed by atoms with Gasteiger partial charge in [0.2, 0.25) is 0 Å². The number of hydrogen-bond donors (Lipinski definition) is 0. The van der Waals surface area contributed by atoms with Crippen molar-refractivity contribution in [3.63, 3.8) is 0 Å². The second kappa shape index (κ2) is 7.14. The van der Waals surface area contributed by atoms with Crippen LogP contribution in [0.15, 0.2) is 53.5 Å². The minimum absolute atomic E-state index is 0.405. The number of hydrogen-bond acceptors (Lipinski definition) is 3. The molecule has 0 aromatic heterocycles. The van der Waals surface area contributed by atoms with Crippen LogP contribution in [-0.4, -0.2) is 12.0 Å². The van der Waals surface area contributed by atoms with E-state index in [1.807, 2.05) is 49.4 Å². The van der Waals surface area contributed by atoms with Gasteiger partial charge in [0.25, 0.3) is 0 Å². The van der Waals surface area contributed by atoms with Gasteiger partial charge < -0.3 is 0 Å². The van der Waals surface area contributed by atoms with Gasteiger partial charge in [-0.3, -0.25) is 4.79 Å². The van der Waals surface area contributed by atoms with E-state index in [1.165, 1.54) is 5.56 Å². The number of nitrogens with zero attached hydrogens (tertiary/aromatic N) is 2. The Hall–Kier alpha value is -2.99. The summed E-state index contributed by atoms with van der Waals surface area (Å²) in [5, 5.41) is 8.87. The summed E-state index contributed by atoms with van der Waals surface area (Å²) in [5.41, 5.74) is 4.74. The summed E-state index contributed by atoms with van der Waals surface area (Å²) in [6.07, 6.45) is 2.65. The third-order valence-electron chi connectivity index (χ3n) is 3.16. The summed E-state index contributed by atoms with van der Waals surface area (Å²) in [6.45, 7) is 3.70. The molecule has 0 atom stereocenters. The van der Waals surface area contributed by atoms with Crippen LogP contribution < -0.4 is 0 Å². The second-order valence-electron chi connectivity index (χ2n) is 5.00. The molecule has 2 aromatic rings. The molecule has 0 aliphatic heterocycles. The summed E-state index contributed by atoms with van der Waals surface area (Å²) >= 11 is 0. The molecule has 0 amide bonds. The highest BCUT2D eigenvalue weighted by Crippen LogP contribution is 2.21. The van der Waals surface area contributed by atoms with Crippen molar-refractivity contribution in [3.05, 3.63) is 70.8 Å². The first-order chi connectivity index (χ1) is 10.6. The van der Waals surface area contributed by atoms with E-state index in [2.05, 4.69) is 11.1 Å². The number of aldehydes is 1. The second-order valence-corrected chi connectivity index (χ2v) is 5.00. The number of aliphatic imine (C=N–C) groups is 1. The molecule has 3 heteroatoms. The Morgan fingerprint density at radius 3 is 2.27 bits per heavy atom. The van der Waals surface area contributed by atoms with Crippen LogP contribution >= 0.6 is 0 Å². The lowest BCUT2D eigenvalue weighted by Gasteiger charge is -2.04. The van der Waals surface area contributed by atoms with Crippen LogP contribution in [0.3, 0.4) is 0 Å². The van der Waals surface area contributed by atoms with Crippen LogP contribution in [0, 0.1) is 18.3 Å². The predicted octanol–water partition coefficient (Wildman–Crippen LogP) is 4.02. The Bertz CT molecular complexity index is 761. The van der Waals surface area contributed by atoms with Crippen molar-refractivity contribution in [1.82, 2.24) is 0 Å². The van der Waals surface area contributed by atoms with E-state index >= 15 is 0 Å². The predicted molar refractivity (Wildman–Crippen MR) is 89.4 cm³/mol. The fraction of sp³-hybridized carbons (Fsp3) is 0.105. The number of carbonyl (C=O) groups is 1. The number of nitriles is 1. The zero-order valence-electron chi connectivity index (χ0n) is 12.6. The summed E-state index contributed by atoms with van der Waals surface area (Å²) in [6, 6.07) is 17.3. The number of rotatable bonds is 4. The Balaban J connectivity index is 2.48. The first kappa shape index (κ1) is 15.4. The number of benzene rings is 2. The van der Waals surface area contributed by atoms with Gasteiger partial charge in [-0.2, -0.15) is 5.26 Å². The van der Waals surface area contributed by atoms with E-state index < -0.39 is 0 Å². The molecule has 0 heterocycles. The highest BCUT2D eigenvalue weighted by molar-refractivity contribution is 6.28. The van der Waals surface area contributed by atoms with Crippen molar-refractivity contribution in [2.75, 3.05) is 0 Å². The molecule has 0 radical (unpaired) electrons. The highest BCUT2D eigenvalue weighted by Gasteiger charge is 2.02. The van der Waals surface area contributed by atoms with E-state index in [0.717, 1.165) is 17.4 Å². The molecule has 0 N–H and O–H groups in total. The molecule has 22 heavy (non-hydrogen) atoms. The average Bonchev–Trinajstić information content (AvgIpc) is 2.56. The Labute approximate surface area is 130 Å².